The van der Waals surface area contributed by atoms with Crippen molar-refractivity contribution >= 4 is 5.69 Å². The molecule has 0 spiro atoms. The molecule has 1 aromatic heterocycles. The Morgan fingerprint density at radius 3 is 2.50 bits per heavy atom. The molecule has 2 heterocycles. The molecule has 0 amide bonds. The molecule has 1 unspecified atom stereocenters. The molecule has 1 atom stereocenters. The van der Waals surface area contributed by atoms with Crippen molar-refractivity contribution in [2.45, 2.75) is 59.0 Å². The van der Waals surface area contributed by atoms with Gasteiger partial charge < -0.3 is 10.2 Å². The smallest absolute Gasteiger partial charge is 0.0827 e. The Morgan fingerprint density at radius 2 is 2.05 bits per heavy atom. The summed E-state index contributed by atoms with van der Waals surface area (Å²) in [6.07, 6.45) is 4.51. The zero-order chi connectivity index (χ0) is 14.9. The maximum Gasteiger partial charge on any atom is 0.0827 e. The molecule has 1 aromatic rings. The third-order valence-corrected chi connectivity index (χ3v) is 4.98. The minimum absolute atomic E-state index is 0.244. The van der Waals surface area contributed by atoms with E-state index >= 15 is 0 Å². The highest BCUT2D eigenvalue weighted by Crippen LogP contribution is 2.31. The zero-order valence-corrected chi connectivity index (χ0v) is 13.9. The van der Waals surface area contributed by atoms with Crippen LogP contribution in [0.25, 0.3) is 0 Å². The largest absolute Gasteiger partial charge is 0.362 e. The van der Waals surface area contributed by atoms with E-state index in [0.717, 1.165) is 18.8 Å². The molecule has 0 aromatic carbocycles. The molecule has 4 nitrogen and oxygen atoms in total. The average molecular weight is 278 g/mol. The Balaban J connectivity index is 2.35. The maximum absolute atomic E-state index is 4.53. The molecule has 1 N–H and O–H groups in total. The molecule has 114 valence electrons. The molecule has 0 radical (unpaired) electrons. The Bertz CT molecular complexity index is 445. The van der Waals surface area contributed by atoms with Crippen LogP contribution in [-0.4, -0.2) is 34.5 Å². The van der Waals surface area contributed by atoms with Crippen LogP contribution < -0.4 is 10.2 Å². The van der Waals surface area contributed by atoms with E-state index in [0.29, 0.717) is 12.0 Å². The summed E-state index contributed by atoms with van der Waals surface area (Å²) < 4.78 is 1.93. The van der Waals surface area contributed by atoms with Gasteiger partial charge in [0.25, 0.3) is 0 Å². The first-order chi connectivity index (χ1) is 9.42. The van der Waals surface area contributed by atoms with Crippen molar-refractivity contribution in [3.05, 3.63) is 11.9 Å². The van der Waals surface area contributed by atoms with E-state index in [2.05, 4.69) is 56.1 Å². The van der Waals surface area contributed by atoms with Crippen LogP contribution >= 0.6 is 0 Å². The molecule has 2 rings (SSSR count). The fourth-order valence-corrected chi connectivity index (χ4v) is 3.38. The number of hydrogen-bond acceptors (Lipinski definition) is 3. The van der Waals surface area contributed by atoms with Crippen LogP contribution in [0.2, 0.25) is 0 Å². The van der Waals surface area contributed by atoms with Gasteiger partial charge in [0.05, 0.1) is 11.4 Å². The summed E-state index contributed by atoms with van der Waals surface area (Å²) in [5.41, 5.74) is 2.69. The monoisotopic (exact) mass is 278 g/mol. The Labute approximate surface area is 123 Å². The van der Waals surface area contributed by atoms with Crippen molar-refractivity contribution in [3.8, 4) is 0 Å². The van der Waals surface area contributed by atoms with Crippen LogP contribution in [0.5, 0.6) is 0 Å². The van der Waals surface area contributed by atoms with Crippen molar-refractivity contribution in [3.63, 3.8) is 0 Å². The van der Waals surface area contributed by atoms with Crippen molar-refractivity contribution in [1.29, 1.82) is 0 Å². The second kappa shape index (κ2) is 5.76. The van der Waals surface area contributed by atoms with Gasteiger partial charge in [-0.3, -0.25) is 4.68 Å². The van der Waals surface area contributed by atoms with Gasteiger partial charge in [-0.05, 0) is 25.7 Å². The zero-order valence-electron chi connectivity index (χ0n) is 13.9. The molecule has 1 saturated heterocycles. The highest BCUT2D eigenvalue weighted by atomic mass is 15.3. The number of piperazine rings is 1. The molecule has 1 aliphatic heterocycles. The summed E-state index contributed by atoms with van der Waals surface area (Å²) in [5, 5.41) is 8.35. The van der Waals surface area contributed by atoms with E-state index in [4.69, 9.17) is 0 Å². The lowest BCUT2D eigenvalue weighted by Gasteiger charge is -2.49. The van der Waals surface area contributed by atoms with Crippen LogP contribution in [-0.2, 0) is 7.05 Å². The fraction of sp³-hybridized carbons (Fsp3) is 0.812. The Morgan fingerprint density at radius 1 is 1.40 bits per heavy atom. The molecular formula is C16H30N4. The lowest BCUT2D eigenvalue weighted by Crippen LogP contribution is -2.65. The van der Waals surface area contributed by atoms with E-state index in [1.54, 1.807) is 0 Å². The lowest BCUT2D eigenvalue weighted by molar-refractivity contribution is 0.227. The molecular weight excluding hydrogens is 248 g/mol. The summed E-state index contributed by atoms with van der Waals surface area (Å²) in [4.78, 5) is 2.59. The predicted molar refractivity (Wildman–Crippen MR) is 85.2 cm³/mol. The van der Waals surface area contributed by atoms with Crippen molar-refractivity contribution in [1.82, 2.24) is 15.1 Å². The molecule has 4 heteroatoms. The molecule has 0 bridgehead atoms. The van der Waals surface area contributed by atoms with Gasteiger partial charge >= 0.3 is 0 Å². The second-order valence-corrected chi connectivity index (χ2v) is 6.58. The first-order valence-corrected chi connectivity index (χ1v) is 7.94. The number of nitrogens with one attached hydrogen (secondary N) is 1. The number of hydrogen-bond donors (Lipinski definition) is 1. The summed E-state index contributed by atoms with van der Waals surface area (Å²) in [7, 11) is 2.01. The van der Waals surface area contributed by atoms with Crippen LogP contribution in [0, 0.1) is 12.8 Å². The van der Waals surface area contributed by atoms with Gasteiger partial charge in [-0.25, -0.2) is 0 Å². The normalized spacial score (nSPS) is 22.6. The van der Waals surface area contributed by atoms with Gasteiger partial charge in [0.1, 0.15) is 0 Å². The van der Waals surface area contributed by atoms with Crippen molar-refractivity contribution in [2.75, 3.05) is 18.0 Å². The van der Waals surface area contributed by atoms with Crippen LogP contribution in [0.3, 0.4) is 0 Å². The molecule has 0 saturated carbocycles. The van der Waals surface area contributed by atoms with Crippen LogP contribution in [0.15, 0.2) is 6.20 Å². The average Bonchev–Trinajstić information content (AvgIpc) is 2.76. The van der Waals surface area contributed by atoms with Gasteiger partial charge in [-0.2, -0.15) is 5.10 Å². The predicted octanol–water partition coefficient (Wildman–Crippen LogP) is 2.72. The first kappa shape index (κ1) is 15.4. The van der Waals surface area contributed by atoms with Crippen molar-refractivity contribution in [2.24, 2.45) is 13.0 Å². The first-order valence-electron chi connectivity index (χ1n) is 7.94. The van der Waals surface area contributed by atoms with E-state index in [9.17, 15) is 0 Å². The van der Waals surface area contributed by atoms with Gasteiger partial charge in [0, 0.05) is 37.9 Å². The highest BCUT2D eigenvalue weighted by Gasteiger charge is 2.38. The van der Waals surface area contributed by atoms with Gasteiger partial charge in [0.2, 0.25) is 0 Å². The van der Waals surface area contributed by atoms with E-state index in [1.807, 2.05) is 11.7 Å². The number of anilines is 1. The van der Waals surface area contributed by atoms with Crippen LogP contribution in [0.1, 0.15) is 46.2 Å². The molecule has 1 aliphatic rings. The molecule has 0 aliphatic carbocycles. The Hall–Kier alpha value is -1.03. The summed E-state index contributed by atoms with van der Waals surface area (Å²) in [6, 6.07) is 0.545. The van der Waals surface area contributed by atoms with E-state index in [1.165, 1.54) is 18.5 Å². The third kappa shape index (κ3) is 2.71. The minimum atomic E-state index is 0.244. The summed E-state index contributed by atoms with van der Waals surface area (Å²) >= 11 is 0. The Kier molecular flexibility index (Phi) is 4.43. The van der Waals surface area contributed by atoms with E-state index < -0.39 is 0 Å². The fourth-order valence-electron chi connectivity index (χ4n) is 3.38. The highest BCUT2D eigenvalue weighted by molar-refractivity contribution is 5.51. The van der Waals surface area contributed by atoms with E-state index in [-0.39, 0.29) is 5.54 Å². The summed E-state index contributed by atoms with van der Waals surface area (Å²) in [6.45, 7) is 13.5. The number of nitrogens with zero attached hydrogens (tertiary/aromatic N) is 3. The second-order valence-electron chi connectivity index (χ2n) is 6.58. The lowest BCUT2D eigenvalue weighted by atomic mass is 9.86. The number of rotatable bonds is 4. The maximum atomic E-state index is 4.53. The summed E-state index contributed by atoms with van der Waals surface area (Å²) in [5.74, 6) is 0.633. The number of aromatic nitrogens is 2. The SMILES string of the molecule is CCC1(CC)CN(c2cn(C)nc2C)C(C(C)C)CN1. The topological polar surface area (TPSA) is 33.1 Å². The minimum Gasteiger partial charge on any atom is -0.362 e. The van der Waals surface area contributed by atoms with Gasteiger partial charge in [0.15, 0.2) is 0 Å². The standard InChI is InChI=1S/C16H30N4/c1-7-16(8-2)11-20(14(9-17-16)12(3)4)15-10-19(6)18-13(15)5/h10,12,14,17H,7-9,11H2,1-6H3. The van der Waals surface area contributed by atoms with Gasteiger partial charge in [-0.15, -0.1) is 0 Å². The third-order valence-electron chi connectivity index (χ3n) is 4.98. The molecule has 1 fully saturated rings. The van der Waals surface area contributed by atoms with Crippen LogP contribution in [0.4, 0.5) is 5.69 Å². The van der Waals surface area contributed by atoms with Crippen molar-refractivity contribution < 1.29 is 0 Å². The molecule has 20 heavy (non-hydrogen) atoms. The quantitative estimate of drug-likeness (QED) is 0.919. The van der Waals surface area contributed by atoms with Gasteiger partial charge in [-0.1, -0.05) is 27.7 Å². The number of aryl methyl sites for hydroxylation is 2.